The second kappa shape index (κ2) is 9.44. The largest absolute Gasteiger partial charge is 0.481 e. The van der Waals surface area contributed by atoms with Crippen molar-refractivity contribution in [2.75, 3.05) is 31.7 Å². The zero-order valence-electron chi connectivity index (χ0n) is 16.7. The van der Waals surface area contributed by atoms with Crippen LogP contribution < -0.4 is 16.4 Å². The van der Waals surface area contributed by atoms with Crippen LogP contribution in [0.3, 0.4) is 0 Å². The highest BCUT2D eigenvalue weighted by Gasteiger charge is 2.56. The molecule has 3 atom stereocenters. The van der Waals surface area contributed by atoms with Crippen molar-refractivity contribution in [2.45, 2.75) is 11.4 Å². The minimum Gasteiger partial charge on any atom is -0.481 e. The Labute approximate surface area is 189 Å². The lowest BCUT2D eigenvalue weighted by Gasteiger charge is -2.53. The number of carbonyl (C=O) groups excluding carboxylic acids is 3. The highest BCUT2D eigenvalue weighted by Crippen LogP contribution is 2.43. The van der Waals surface area contributed by atoms with Crippen molar-refractivity contribution in [3.63, 3.8) is 0 Å². The number of amides is 3. The number of carbonyl (C=O) groups is 4. The fraction of sp³-hybridized carbons (Fsp3) is 0.412. The zero-order chi connectivity index (χ0) is 23.5. The molecule has 2 aliphatic rings. The molecule has 0 saturated carbocycles. The van der Waals surface area contributed by atoms with Crippen molar-refractivity contribution in [1.82, 2.24) is 20.5 Å². The molecule has 15 heteroatoms. The van der Waals surface area contributed by atoms with Gasteiger partial charge >= 0.3 is 12.1 Å². The van der Waals surface area contributed by atoms with Crippen LogP contribution in [-0.4, -0.2) is 87.2 Å². The standard InChI is InChI=1S/C17H20N6O7S2/c1-19-16(28)30-4-2-3-17(14(26)27)6-23-12(25)10(13(23)32-7-17)21-11(24)9(22-29)8-5-31-15(18)20-8/h2-3,5,10,13,29H,4,6-7H2,1H3,(H2,18,20)(H,19,28)(H,21,24)(H,26,27)/t10?,13-,17?/m1/s1. The lowest BCUT2D eigenvalue weighted by molar-refractivity contribution is -0.156. The van der Waals surface area contributed by atoms with Gasteiger partial charge in [-0.3, -0.25) is 14.4 Å². The molecular weight excluding hydrogens is 464 g/mol. The summed E-state index contributed by atoms with van der Waals surface area (Å²) in [6, 6.07) is -0.910. The van der Waals surface area contributed by atoms with E-state index in [1.165, 1.54) is 41.2 Å². The molecule has 13 nitrogen and oxygen atoms in total. The first-order valence-electron chi connectivity index (χ1n) is 9.14. The van der Waals surface area contributed by atoms with Crippen LogP contribution in [0.25, 0.3) is 0 Å². The van der Waals surface area contributed by atoms with Gasteiger partial charge in [-0.15, -0.1) is 23.1 Å². The lowest BCUT2D eigenvalue weighted by atomic mass is 9.86. The molecule has 2 aliphatic heterocycles. The Kier molecular flexibility index (Phi) is 6.88. The summed E-state index contributed by atoms with van der Waals surface area (Å²) in [5.41, 5.74) is 3.85. The summed E-state index contributed by atoms with van der Waals surface area (Å²) < 4.78 is 4.81. The molecule has 0 radical (unpaired) electrons. The van der Waals surface area contributed by atoms with Crippen LogP contribution >= 0.6 is 23.1 Å². The van der Waals surface area contributed by atoms with Crippen molar-refractivity contribution in [3.8, 4) is 0 Å². The molecule has 0 spiro atoms. The molecule has 2 saturated heterocycles. The van der Waals surface area contributed by atoms with Crippen LogP contribution in [0.15, 0.2) is 22.7 Å². The maximum absolute atomic E-state index is 12.6. The van der Waals surface area contributed by atoms with Crippen molar-refractivity contribution in [1.29, 1.82) is 0 Å². The number of nitrogen functional groups attached to an aromatic ring is 1. The predicted molar refractivity (Wildman–Crippen MR) is 114 cm³/mol. The van der Waals surface area contributed by atoms with Gasteiger partial charge in [-0.2, -0.15) is 0 Å². The van der Waals surface area contributed by atoms with E-state index in [1.54, 1.807) is 0 Å². The van der Waals surface area contributed by atoms with Crippen LogP contribution in [0.5, 0.6) is 0 Å². The smallest absolute Gasteiger partial charge is 0.407 e. The highest BCUT2D eigenvalue weighted by atomic mass is 32.2. The van der Waals surface area contributed by atoms with Gasteiger partial charge in [0, 0.05) is 24.7 Å². The number of hydrogen-bond acceptors (Lipinski definition) is 11. The van der Waals surface area contributed by atoms with Gasteiger partial charge in [0.2, 0.25) is 5.91 Å². The number of aliphatic carboxylic acids is 1. The number of rotatable bonds is 7. The number of carboxylic acid groups (broad SMARTS) is 1. The van der Waals surface area contributed by atoms with E-state index in [1.807, 2.05) is 0 Å². The van der Waals surface area contributed by atoms with E-state index in [4.69, 9.17) is 10.5 Å². The third-order valence-corrected chi connectivity index (χ3v) is 7.07. The van der Waals surface area contributed by atoms with E-state index >= 15 is 0 Å². The Morgan fingerprint density at radius 1 is 1.50 bits per heavy atom. The number of ether oxygens (including phenoxy) is 1. The Hall–Kier alpha value is -3.33. The van der Waals surface area contributed by atoms with Crippen LogP contribution in [0, 0.1) is 5.41 Å². The summed E-state index contributed by atoms with van der Waals surface area (Å²) in [5.74, 6) is -2.27. The molecule has 172 valence electrons. The van der Waals surface area contributed by atoms with E-state index in [9.17, 15) is 29.5 Å². The number of thiazole rings is 1. The summed E-state index contributed by atoms with van der Waals surface area (Å²) in [6.07, 6.45) is 2.17. The number of β-lactam (4-membered cyclic amide) rings is 1. The zero-order valence-corrected chi connectivity index (χ0v) is 18.3. The first-order valence-corrected chi connectivity index (χ1v) is 11.1. The Balaban J connectivity index is 1.64. The van der Waals surface area contributed by atoms with Gasteiger partial charge in [0.1, 0.15) is 29.1 Å². The first kappa shape index (κ1) is 23.3. The van der Waals surface area contributed by atoms with Crippen molar-refractivity contribution >= 4 is 57.8 Å². The molecule has 6 N–H and O–H groups in total. The molecule has 3 amide bonds. The molecule has 2 unspecified atom stereocenters. The third kappa shape index (κ3) is 4.47. The summed E-state index contributed by atoms with van der Waals surface area (Å²) in [4.78, 5) is 53.4. The molecule has 2 fully saturated rings. The molecule has 3 heterocycles. The van der Waals surface area contributed by atoms with E-state index < -0.39 is 40.7 Å². The first-order chi connectivity index (χ1) is 15.2. The van der Waals surface area contributed by atoms with Gasteiger partial charge in [0.15, 0.2) is 10.8 Å². The molecule has 1 aromatic rings. The van der Waals surface area contributed by atoms with Gasteiger partial charge in [-0.05, 0) is 6.08 Å². The molecular formula is C17H20N6O7S2. The van der Waals surface area contributed by atoms with Gasteiger partial charge in [-0.25, -0.2) is 9.78 Å². The minimum absolute atomic E-state index is 0.0708. The second-order valence-electron chi connectivity index (χ2n) is 6.85. The van der Waals surface area contributed by atoms with Crippen LogP contribution in [0.2, 0.25) is 0 Å². The van der Waals surface area contributed by atoms with Gasteiger partial charge in [-0.1, -0.05) is 11.2 Å². The number of anilines is 1. The van der Waals surface area contributed by atoms with E-state index in [-0.39, 0.29) is 35.4 Å². The molecule has 1 aromatic heterocycles. The minimum atomic E-state index is -1.37. The van der Waals surface area contributed by atoms with Gasteiger partial charge in [0.05, 0.1) is 0 Å². The fourth-order valence-electron chi connectivity index (χ4n) is 3.18. The van der Waals surface area contributed by atoms with Crippen LogP contribution in [0.1, 0.15) is 5.69 Å². The number of hydrogen-bond donors (Lipinski definition) is 5. The molecule has 3 rings (SSSR count). The number of carboxylic acids is 1. The fourth-order valence-corrected chi connectivity index (χ4v) is 5.25. The number of oxime groups is 1. The lowest BCUT2D eigenvalue weighted by Crippen LogP contribution is -2.73. The van der Waals surface area contributed by atoms with Crippen LogP contribution in [0.4, 0.5) is 9.93 Å². The maximum Gasteiger partial charge on any atom is 0.407 e. The number of thioether (sulfide) groups is 1. The molecule has 0 aliphatic carbocycles. The molecule has 0 aromatic carbocycles. The van der Waals surface area contributed by atoms with E-state index in [2.05, 4.69) is 20.8 Å². The molecule has 32 heavy (non-hydrogen) atoms. The average molecular weight is 485 g/mol. The van der Waals surface area contributed by atoms with E-state index in [0.29, 0.717) is 0 Å². The highest BCUT2D eigenvalue weighted by molar-refractivity contribution is 8.00. The number of nitrogens with two attached hydrogens (primary N) is 1. The number of aromatic nitrogens is 1. The molecule has 0 bridgehead atoms. The van der Waals surface area contributed by atoms with Gasteiger partial charge < -0.3 is 36.3 Å². The number of fused-ring (bicyclic) bond motifs is 1. The quantitative estimate of drug-likeness (QED) is 0.108. The SMILES string of the molecule is CNC(=O)OCC=CC1(C(=O)O)CS[C@@H]2C(NC(=O)C(=NO)c3csc(N)n3)C(=O)N2C1. The third-order valence-electron chi connectivity index (χ3n) is 4.85. The van der Waals surface area contributed by atoms with E-state index in [0.717, 1.165) is 11.3 Å². The maximum atomic E-state index is 12.6. The van der Waals surface area contributed by atoms with Crippen molar-refractivity contribution in [3.05, 3.63) is 23.2 Å². The van der Waals surface area contributed by atoms with Crippen LogP contribution in [-0.2, 0) is 19.1 Å². The van der Waals surface area contributed by atoms with Gasteiger partial charge in [0.25, 0.3) is 5.91 Å². The second-order valence-corrected chi connectivity index (χ2v) is 8.85. The summed E-state index contributed by atoms with van der Waals surface area (Å²) >= 11 is 2.25. The number of nitrogens with zero attached hydrogens (tertiary/aromatic N) is 3. The Morgan fingerprint density at radius 2 is 2.25 bits per heavy atom. The van der Waals surface area contributed by atoms with Crippen molar-refractivity contribution < 1.29 is 34.2 Å². The summed E-state index contributed by atoms with van der Waals surface area (Å²) in [7, 11) is 1.40. The number of nitrogens with one attached hydrogen (secondary N) is 2. The number of alkyl carbamates (subject to hydrolysis) is 1. The Bertz CT molecular complexity index is 996. The Morgan fingerprint density at radius 3 is 2.84 bits per heavy atom. The van der Waals surface area contributed by atoms with Crippen molar-refractivity contribution in [2.24, 2.45) is 10.6 Å². The monoisotopic (exact) mass is 484 g/mol. The summed E-state index contributed by atoms with van der Waals surface area (Å²) in [5, 5.41) is 27.8. The average Bonchev–Trinajstić information content (AvgIpc) is 3.20. The topological polar surface area (TPSA) is 197 Å². The summed E-state index contributed by atoms with van der Waals surface area (Å²) in [6.45, 7) is -0.231. The normalized spacial score (nSPS) is 25.1. The predicted octanol–water partition coefficient (Wildman–Crippen LogP) is -0.713.